The maximum atomic E-state index is 5.44. The summed E-state index contributed by atoms with van der Waals surface area (Å²) in [6.07, 6.45) is 1.72. The Bertz CT molecular complexity index is 286. The molecule has 0 amide bonds. The van der Waals surface area contributed by atoms with Gasteiger partial charge in [0, 0.05) is 4.47 Å². The van der Waals surface area contributed by atoms with E-state index in [0.29, 0.717) is 19.8 Å². The van der Waals surface area contributed by atoms with Crippen LogP contribution in [0.3, 0.4) is 0 Å². The molecule has 3 heteroatoms. The summed E-state index contributed by atoms with van der Waals surface area (Å²) >= 11 is 3.37. The second-order valence-corrected chi connectivity index (χ2v) is 3.59. The van der Waals surface area contributed by atoms with Crippen LogP contribution in [0, 0.1) is 0 Å². The van der Waals surface area contributed by atoms with Crippen LogP contribution in [-0.4, -0.2) is 19.8 Å². The predicted molar refractivity (Wildman–Crippen MR) is 60.7 cm³/mol. The molecule has 0 bridgehead atoms. The second kappa shape index (κ2) is 6.62. The molecule has 0 N–H and O–H groups in total. The lowest BCUT2D eigenvalue weighted by atomic mass is 10.3. The third-order valence-electron chi connectivity index (χ3n) is 1.53. The van der Waals surface area contributed by atoms with Crippen LogP contribution in [0.2, 0.25) is 0 Å². The van der Waals surface area contributed by atoms with Crippen molar-refractivity contribution in [2.45, 2.75) is 0 Å². The summed E-state index contributed by atoms with van der Waals surface area (Å²) < 4.78 is 11.6. The molecule has 1 rings (SSSR count). The number of ether oxygens (including phenoxy) is 2. The van der Waals surface area contributed by atoms with Gasteiger partial charge >= 0.3 is 0 Å². The molecule has 0 aromatic heterocycles. The lowest BCUT2D eigenvalue weighted by Gasteiger charge is -2.05. The van der Waals surface area contributed by atoms with Gasteiger partial charge in [0.15, 0.2) is 0 Å². The van der Waals surface area contributed by atoms with Gasteiger partial charge in [-0.25, -0.2) is 0 Å². The SMILES string of the molecule is C=CCOCCOc1cccc(Br)c1. The Hall–Kier alpha value is -0.800. The Morgan fingerprint density at radius 1 is 1.36 bits per heavy atom. The largest absolute Gasteiger partial charge is 0.491 e. The molecule has 0 spiro atoms. The van der Waals surface area contributed by atoms with Crippen molar-refractivity contribution >= 4 is 15.9 Å². The van der Waals surface area contributed by atoms with E-state index in [0.717, 1.165) is 10.2 Å². The van der Waals surface area contributed by atoms with Crippen LogP contribution in [-0.2, 0) is 4.74 Å². The van der Waals surface area contributed by atoms with E-state index in [1.54, 1.807) is 6.08 Å². The Morgan fingerprint density at radius 2 is 2.21 bits per heavy atom. The van der Waals surface area contributed by atoms with Gasteiger partial charge in [0.1, 0.15) is 12.4 Å². The second-order valence-electron chi connectivity index (χ2n) is 2.67. The summed E-state index contributed by atoms with van der Waals surface area (Å²) in [6, 6.07) is 7.73. The van der Waals surface area contributed by atoms with Crippen molar-refractivity contribution in [2.75, 3.05) is 19.8 Å². The molecule has 1 aromatic rings. The normalized spacial score (nSPS) is 9.79. The highest BCUT2D eigenvalue weighted by Gasteiger charge is 1.93. The van der Waals surface area contributed by atoms with Gasteiger partial charge in [0.25, 0.3) is 0 Å². The van der Waals surface area contributed by atoms with Gasteiger partial charge in [-0.1, -0.05) is 28.1 Å². The Labute approximate surface area is 92.7 Å². The van der Waals surface area contributed by atoms with Crippen LogP contribution in [0.1, 0.15) is 0 Å². The Balaban J connectivity index is 2.21. The summed E-state index contributed by atoms with van der Waals surface area (Å²) in [6.45, 7) is 5.27. The minimum Gasteiger partial charge on any atom is -0.491 e. The third-order valence-corrected chi connectivity index (χ3v) is 2.02. The molecule has 0 saturated carbocycles. The van der Waals surface area contributed by atoms with Crippen LogP contribution >= 0.6 is 15.9 Å². The quantitative estimate of drug-likeness (QED) is 0.576. The average molecular weight is 257 g/mol. The molecule has 0 aliphatic carbocycles. The Morgan fingerprint density at radius 3 is 2.93 bits per heavy atom. The molecule has 0 saturated heterocycles. The van der Waals surface area contributed by atoms with E-state index in [4.69, 9.17) is 9.47 Å². The first kappa shape index (κ1) is 11.3. The van der Waals surface area contributed by atoms with Crippen molar-refractivity contribution in [1.29, 1.82) is 0 Å². The maximum absolute atomic E-state index is 5.44. The fourth-order valence-corrected chi connectivity index (χ4v) is 1.32. The van der Waals surface area contributed by atoms with Gasteiger partial charge < -0.3 is 9.47 Å². The zero-order valence-electron chi connectivity index (χ0n) is 7.91. The lowest BCUT2D eigenvalue weighted by molar-refractivity contribution is 0.121. The minimum absolute atomic E-state index is 0.560. The van der Waals surface area contributed by atoms with Crippen molar-refractivity contribution in [3.8, 4) is 5.75 Å². The highest BCUT2D eigenvalue weighted by Crippen LogP contribution is 2.17. The van der Waals surface area contributed by atoms with Crippen LogP contribution in [0.5, 0.6) is 5.75 Å². The van der Waals surface area contributed by atoms with Gasteiger partial charge in [0.2, 0.25) is 0 Å². The minimum atomic E-state index is 0.560. The summed E-state index contributed by atoms with van der Waals surface area (Å²) in [5.41, 5.74) is 0. The lowest BCUT2D eigenvalue weighted by Crippen LogP contribution is -2.06. The number of halogens is 1. The molecule has 0 aliphatic rings. The van der Waals surface area contributed by atoms with E-state index >= 15 is 0 Å². The molecule has 0 heterocycles. The number of rotatable bonds is 6. The fourth-order valence-electron chi connectivity index (χ4n) is 0.942. The summed E-state index contributed by atoms with van der Waals surface area (Å²) in [4.78, 5) is 0. The first-order valence-electron chi connectivity index (χ1n) is 4.40. The molecule has 76 valence electrons. The molecular formula is C11H13BrO2. The summed E-state index contributed by atoms with van der Waals surface area (Å²) in [7, 11) is 0. The Kier molecular flexibility index (Phi) is 5.33. The van der Waals surface area contributed by atoms with Crippen molar-refractivity contribution < 1.29 is 9.47 Å². The van der Waals surface area contributed by atoms with E-state index in [-0.39, 0.29) is 0 Å². The average Bonchev–Trinajstić information content (AvgIpc) is 2.18. The van der Waals surface area contributed by atoms with Gasteiger partial charge in [-0.2, -0.15) is 0 Å². The van der Waals surface area contributed by atoms with E-state index < -0.39 is 0 Å². The smallest absolute Gasteiger partial charge is 0.120 e. The van der Waals surface area contributed by atoms with Gasteiger partial charge in [-0.15, -0.1) is 6.58 Å². The maximum Gasteiger partial charge on any atom is 0.120 e. The van der Waals surface area contributed by atoms with E-state index in [1.165, 1.54) is 0 Å². The molecule has 2 nitrogen and oxygen atoms in total. The first-order valence-corrected chi connectivity index (χ1v) is 5.19. The van der Waals surface area contributed by atoms with E-state index in [1.807, 2.05) is 24.3 Å². The fraction of sp³-hybridized carbons (Fsp3) is 0.273. The van der Waals surface area contributed by atoms with Gasteiger partial charge in [-0.05, 0) is 18.2 Å². The zero-order chi connectivity index (χ0) is 10.2. The number of hydrogen-bond acceptors (Lipinski definition) is 2. The summed E-state index contributed by atoms with van der Waals surface area (Å²) in [5, 5.41) is 0. The molecule has 14 heavy (non-hydrogen) atoms. The number of hydrogen-bond donors (Lipinski definition) is 0. The van der Waals surface area contributed by atoms with Crippen LogP contribution < -0.4 is 4.74 Å². The van der Waals surface area contributed by atoms with Crippen LogP contribution in [0.15, 0.2) is 41.4 Å². The highest BCUT2D eigenvalue weighted by molar-refractivity contribution is 9.10. The van der Waals surface area contributed by atoms with Crippen molar-refractivity contribution in [2.24, 2.45) is 0 Å². The highest BCUT2D eigenvalue weighted by atomic mass is 79.9. The van der Waals surface area contributed by atoms with Gasteiger partial charge in [0.05, 0.1) is 13.2 Å². The first-order chi connectivity index (χ1) is 6.83. The van der Waals surface area contributed by atoms with Crippen molar-refractivity contribution in [1.82, 2.24) is 0 Å². The molecule has 0 atom stereocenters. The topological polar surface area (TPSA) is 18.5 Å². The van der Waals surface area contributed by atoms with Crippen LogP contribution in [0.4, 0.5) is 0 Å². The monoisotopic (exact) mass is 256 g/mol. The third kappa shape index (κ3) is 4.44. The molecule has 0 radical (unpaired) electrons. The van der Waals surface area contributed by atoms with Crippen molar-refractivity contribution in [3.05, 3.63) is 41.4 Å². The molecule has 0 aliphatic heterocycles. The molecule has 0 fully saturated rings. The van der Waals surface area contributed by atoms with Crippen LogP contribution in [0.25, 0.3) is 0 Å². The molecule has 1 aromatic carbocycles. The standard InChI is InChI=1S/C11H13BrO2/c1-2-6-13-7-8-14-11-5-3-4-10(12)9-11/h2-5,9H,1,6-8H2. The predicted octanol–water partition coefficient (Wildman–Crippen LogP) is 3.03. The molecular weight excluding hydrogens is 244 g/mol. The molecule has 0 unspecified atom stereocenters. The number of benzene rings is 1. The zero-order valence-corrected chi connectivity index (χ0v) is 9.50. The van der Waals surface area contributed by atoms with E-state index in [9.17, 15) is 0 Å². The van der Waals surface area contributed by atoms with Crippen molar-refractivity contribution in [3.63, 3.8) is 0 Å². The summed E-state index contributed by atoms with van der Waals surface area (Å²) in [5.74, 6) is 0.849. The van der Waals surface area contributed by atoms with Gasteiger partial charge in [-0.3, -0.25) is 0 Å². The van der Waals surface area contributed by atoms with E-state index in [2.05, 4.69) is 22.5 Å².